The summed E-state index contributed by atoms with van der Waals surface area (Å²) in [6.07, 6.45) is 0. The molecule has 1 heterocycles. The van der Waals surface area contributed by atoms with E-state index in [4.69, 9.17) is 11.6 Å². The number of benzene rings is 1. The van der Waals surface area contributed by atoms with Crippen LogP contribution in [0.25, 0.3) is 11.1 Å². The third-order valence-corrected chi connectivity index (χ3v) is 3.94. The van der Waals surface area contributed by atoms with Crippen molar-refractivity contribution in [3.05, 3.63) is 56.5 Å². The van der Waals surface area contributed by atoms with E-state index in [9.17, 15) is 4.79 Å². The number of aryl methyl sites for hydroxylation is 1. The average molecular weight is 262 g/mol. The molecule has 2 rings (SSSR count). The number of hydrogen-bond donors (Lipinski definition) is 0. The SMILES string of the molecule is Cc1ccc(-c2cc(Cl)n(C)c(=O)c2)c(C)c1C. The van der Waals surface area contributed by atoms with Crippen LogP contribution in [0.5, 0.6) is 0 Å². The van der Waals surface area contributed by atoms with E-state index in [1.54, 1.807) is 13.1 Å². The molecule has 0 N–H and O–H groups in total. The van der Waals surface area contributed by atoms with E-state index >= 15 is 0 Å². The first-order valence-electron chi connectivity index (χ1n) is 5.85. The highest BCUT2D eigenvalue weighted by Gasteiger charge is 2.09. The Balaban J connectivity index is 2.70. The van der Waals surface area contributed by atoms with Crippen LogP contribution in [0.4, 0.5) is 0 Å². The summed E-state index contributed by atoms with van der Waals surface area (Å²) in [6, 6.07) is 7.58. The number of hydrogen-bond acceptors (Lipinski definition) is 1. The van der Waals surface area contributed by atoms with Crippen LogP contribution in [0, 0.1) is 20.8 Å². The number of nitrogens with zero attached hydrogens (tertiary/aromatic N) is 1. The molecule has 0 bridgehead atoms. The van der Waals surface area contributed by atoms with Crippen LogP contribution in [0.3, 0.4) is 0 Å². The Labute approximate surface area is 112 Å². The summed E-state index contributed by atoms with van der Waals surface area (Å²) in [4.78, 5) is 11.8. The lowest BCUT2D eigenvalue weighted by Crippen LogP contribution is -2.16. The normalized spacial score (nSPS) is 10.7. The van der Waals surface area contributed by atoms with Crippen LogP contribution in [0.1, 0.15) is 16.7 Å². The maximum Gasteiger partial charge on any atom is 0.252 e. The first-order chi connectivity index (χ1) is 8.41. The second-order valence-corrected chi connectivity index (χ2v) is 5.03. The fourth-order valence-corrected chi connectivity index (χ4v) is 2.23. The Morgan fingerprint density at radius 1 is 1.06 bits per heavy atom. The largest absolute Gasteiger partial charge is 0.302 e. The molecule has 1 aromatic heterocycles. The quantitative estimate of drug-likeness (QED) is 0.719. The van der Waals surface area contributed by atoms with Crippen LogP contribution < -0.4 is 5.56 Å². The predicted molar refractivity (Wildman–Crippen MR) is 76.3 cm³/mol. The lowest BCUT2D eigenvalue weighted by Gasteiger charge is -2.12. The van der Waals surface area contributed by atoms with Crippen molar-refractivity contribution < 1.29 is 0 Å². The zero-order chi connectivity index (χ0) is 13.4. The molecule has 0 saturated heterocycles. The molecule has 2 aromatic rings. The van der Waals surface area contributed by atoms with Crippen LogP contribution in [0.15, 0.2) is 29.1 Å². The van der Waals surface area contributed by atoms with Gasteiger partial charge in [0.15, 0.2) is 0 Å². The molecule has 2 nitrogen and oxygen atoms in total. The van der Waals surface area contributed by atoms with Gasteiger partial charge in [0, 0.05) is 13.1 Å². The van der Waals surface area contributed by atoms with Crippen molar-refractivity contribution >= 4 is 11.6 Å². The van der Waals surface area contributed by atoms with Gasteiger partial charge in [0.25, 0.3) is 5.56 Å². The maximum atomic E-state index is 11.8. The maximum absolute atomic E-state index is 11.8. The molecule has 0 atom stereocenters. The Morgan fingerprint density at radius 3 is 2.33 bits per heavy atom. The third-order valence-electron chi connectivity index (χ3n) is 3.57. The molecular weight excluding hydrogens is 246 g/mol. The van der Waals surface area contributed by atoms with Crippen LogP contribution in [-0.4, -0.2) is 4.57 Å². The van der Waals surface area contributed by atoms with Gasteiger partial charge in [0.05, 0.1) is 0 Å². The molecule has 0 unspecified atom stereocenters. The monoisotopic (exact) mass is 261 g/mol. The van der Waals surface area contributed by atoms with Crippen molar-refractivity contribution in [2.45, 2.75) is 20.8 Å². The van der Waals surface area contributed by atoms with Crippen LogP contribution in [0.2, 0.25) is 5.15 Å². The van der Waals surface area contributed by atoms with E-state index in [1.165, 1.54) is 21.3 Å². The molecule has 18 heavy (non-hydrogen) atoms. The second kappa shape index (κ2) is 4.62. The summed E-state index contributed by atoms with van der Waals surface area (Å²) < 4.78 is 1.43. The van der Waals surface area contributed by atoms with Gasteiger partial charge in [-0.25, -0.2) is 0 Å². The molecule has 0 saturated carbocycles. The number of rotatable bonds is 1. The van der Waals surface area contributed by atoms with Crippen molar-refractivity contribution in [2.75, 3.05) is 0 Å². The predicted octanol–water partition coefficient (Wildman–Crippen LogP) is 3.63. The molecule has 3 heteroatoms. The summed E-state index contributed by atoms with van der Waals surface area (Å²) in [7, 11) is 1.67. The highest BCUT2D eigenvalue weighted by molar-refractivity contribution is 6.29. The lowest BCUT2D eigenvalue weighted by atomic mass is 9.95. The molecule has 0 spiro atoms. The molecule has 0 amide bonds. The molecule has 94 valence electrons. The minimum Gasteiger partial charge on any atom is -0.302 e. The molecule has 0 fully saturated rings. The van der Waals surface area contributed by atoms with E-state index in [0.717, 1.165) is 11.1 Å². The van der Waals surface area contributed by atoms with Crippen LogP contribution in [-0.2, 0) is 7.05 Å². The molecule has 1 aromatic carbocycles. The van der Waals surface area contributed by atoms with E-state index in [1.807, 2.05) is 12.1 Å². The second-order valence-electron chi connectivity index (χ2n) is 4.64. The fourth-order valence-electron chi connectivity index (χ4n) is 2.03. The van der Waals surface area contributed by atoms with E-state index in [0.29, 0.717) is 5.15 Å². The Hall–Kier alpha value is -1.54. The molecule has 0 aliphatic carbocycles. The third kappa shape index (κ3) is 2.08. The Kier molecular flexibility index (Phi) is 3.31. The smallest absolute Gasteiger partial charge is 0.252 e. The van der Waals surface area contributed by atoms with Gasteiger partial charge < -0.3 is 4.57 Å². The van der Waals surface area contributed by atoms with Gasteiger partial charge in [-0.15, -0.1) is 0 Å². The first kappa shape index (κ1) is 12.9. The number of aromatic nitrogens is 1. The lowest BCUT2D eigenvalue weighted by molar-refractivity contribution is 0.862. The molecular formula is C15H16ClNO. The minimum absolute atomic E-state index is 0.0878. The first-order valence-corrected chi connectivity index (χ1v) is 6.23. The van der Waals surface area contributed by atoms with E-state index < -0.39 is 0 Å². The molecule has 0 aliphatic heterocycles. The molecule has 0 aliphatic rings. The summed E-state index contributed by atoms with van der Waals surface area (Å²) in [5.41, 5.74) is 5.56. The van der Waals surface area contributed by atoms with Gasteiger partial charge in [-0.1, -0.05) is 23.7 Å². The van der Waals surface area contributed by atoms with Crippen molar-refractivity contribution in [3.8, 4) is 11.1 Å². The van der Waals surface area contributed by atoms with E-state index in [2.05, 4.69) is 26.8 Å². The minimum atomic E-state index is -0.0878. The highest BCUT2D eigenvalue weighted by atomic mass is 35.5. The summed E-state index contributed by atoms with van der Waals surface area (Å²) in [5, 5.41) is 0.454. The fraction of sp³-hybridized carbons (Fsp3) is 0.267. The van der Waals surface area contributed by atoms with Gasteiger partial charge in [-0.05, 0) is 54.7 Å². The summed E-state index contributed by atoms with van der Waals surface area (Å²) in [6.45, 7) is 6.25. The highest BCUT2D eigenvalue weighted by Crippen LogP contribution is 2.27. The zero-order valence-corrected chi connectivity index (χ0v) is 11.8. The zero-order valence-electron chi connectivity index (χ0n) is 11.0. The standard InChI is InChI=1S/C15H16ClNO/c1-9-5-6-13(11(3)10(9)2)12-7-14(16)17(4)15(18)8-12/h5-8H,1-4H3. The van der Waals surface area contributed by atoms with Gasteiger partial charge in [-0.2, -0.15) is 0 Å². The average Bonchev–Trinajstić information content (AvgIpc) is 2.33. The topological polar surface area (TPSA) is 22.0 Å². The van der Waals surface area contributed by atoms with Gasteiger partial charge in [0.2, 0.25) is 0 Å². The number of halogens is 1. The number of pyridine rings is 1. The Morgan fingerprint density at radius 2 is 1.72 bits per heavy atom. The summed E-state index contributed by atoms with van der Waals surface area (Å²) in [5.74, 6) is 0. The van der Waals surface area contributed by atoms with E-state index in [-0.39, 0.29) is 5.56 Å². The van der Waals surface area contributed by atoms with Crippen molar-refractivity contribution in [1.82, 2.24) is 4.57 Å². The van der Waals surface area contributed by atoms with Gasteiger partial charge in [-0.3, -0.25) is 4.79 Å². The van der Waals surface area contributed by atoms with Crippen LogP contribution >= 0.6 is 11.6 Å². The Bertz CT molecular complexity index is 671. The van der Waals surface area contributed by atoms with Gasteiger partial charge >= 0.3 is 0 Å². The van der Waals surface area contributed by atoms with Crippen molar-refractivity contribution in [3.63, 3.8) is 0 Å². The van der Waals surface area contributed by atoms with Gasteiger partial charge in [0.1, 0.15) is 5.15 Å². The van der Waals surface area contributed by atoms with Crippen molar-refractivity contribution in [1.29, 1.82) is 0 Å². The molecule has 0 radical (unpaired) electrons. The summed E-state index contributed by atoms with van der Waals surface area (Å²) >= 11 is 6.06. The van der Waals surface area contributed by atoms with Crippen molar-refractivity contribution in [2.24, 2.45) is 7.05 Å².